The van der Waals surface area contributed by atoms with Crippen molar-refractivity contribution in [1.82, 2.24) is 5.32 Å². The molecule has 0 amide bonds. The minimum Gasteiger partial charge on any atom is -0.368 e. The van der Waals surface area contributed by atoms with Crippen LogP contribution >= 0.6 is 15.9 Å². The Kier molecular flexibility index (Phi) is 3.71. The molecule has 0 aromatic heterocycles. The van der Waals surface area contributed by atoms with Crippen LogP contribution in [0.2, 0.25) is 0 Å². The summed E-state index contributed by atoms with van der Waals surface area (Å²) in [5.41, 5.74) is 0.0594. The highest BCUT2D eigenvalue weighted by Gasteiger charge is 2.35. The van der Waals surface area contributed by atoms with Gasteiger partial charge < -0.3 is 10.2 Å². The van der Waals surface area contributed by atoms with Crippen molar-refractivity contribution >= 4 is 21.6 Å². The van der Waals surface area contributed by atoms with Crippen molar-refractivity contribution in [3.05, 3.63) is 28.2 Å². The SMILES string of the molecule is FC(F)(F)c1ccc(Br)c(N2CCNC(C3CC3)C2)c1. The molecule has 2 aliphatic rings. The largest absolute Gasteiger partial charge is 0.416 e. The molecule has 0 spiro atoms. The van der Waals surface area contributed by atoms with Crippen LogP contribution < -0.4 is 10.2 Å². The number of nitrogens with zero attached hydrogens (tertiary/aromatic N) is 1. The van der Waals surface area contributed by atoms with E-state index in [0.29, 0.717) is 17.6 Å². The quantitative estimate of drug-likeness (QED) is 0.877. The highest BCUT2D eigenvalue weighted by molar-refractivity contribution is 9.10. The fraction of sp³-hybridized carbons (Fsp3) is 0.571. The van der Waals surface area contributed by atoms with Crippen LogP contribution in [0.1, 0.15) is 18.4 Å². The number of halogens is 4. The van der Waals surface area contributed by atoms with Gasteiger partial charge in [-0.3, -0.25) is 0 Å². The van der Waals surface area contributed by atoms with Crippen molar-refractivity contribution in [2.45, 2.75) is 25.1 Å². The smallest absolute Gasteiger partial charge is 0.368 e. The number of nitrogens with one attached hydrogen (secondary N) is 1. The molecule has 0 radical (unpaired) electrons. The Bertz CT molecular complexity index is 500. The zero-order chi connectivity index (χ0) is 14.3. The van der Waals surface area contributed by atoms with Crippen molar-refractivity contribution in [3.63, 3.8) is 0 Å². The molecule has 6 heteroatoms. The third-order valence-corrected chi connectivity index (χ3v) is 4.68. The number of alkyl halides is 3. The molecule has 2 nitrogen and oxygen atoms in total. The van der Waals surface area contributed by atoms with Gasteiger partial charge in [0.1, 0.15) is 0 Å². The standard InChI is InChI=1S/C14H16BrF3N2/c15-11-4-3-10(14(16,17)18)7-13(11)20-6-5-19-12(8-20)9-1-2-9/h3-4,7,9,12,19H,1-2,5-6,8H2. The summed E-state index contributed by atoms with van der Waals surface area (Å²) in [6.07, 6.45) is -1.83. The molecule has 1 aromatic rings. The van der Waals surface area contributed by atoms with Crippen LogP contribution in [-0.4, -0.2) is 25.7 Å². The Hall–Kier alpha value is -0.750. The summed E-state index contributed by atoms with van der Waals surface area (Å²) in [5, 5.41) is 3.47. The lowest BCUT2D eigenvalue weighted by Gasteiger charge is -2.36. The molecular formula is C14H16BrF3N2. The van der Waals surface area contributed by atoms with E-state index in [1.807, 2.05) is 0 Å². The molecule has 1 heterocycles. The van der Waals surface area contributed by atoms with Crippen molar-refractivity contribution in [1.29, 1.82) is 0 Å². The van der Waals surface area contributed by atoms with E-state index in [9.17, 15) is 13.2 Å². The van der Waals surface area contributed by atoms with Gasteiger partial charge in [0, 0.05) is 30.1 Å². The van der Waals surface area contributed by atoms with Crippen LogP contribution in [0.25, 0.3) is 0 Å². The van der Waals surface area contributed by atoms with Crippen LogP contribution in [0.4, 0.5) is 18.9 Å². The van der Waals surface area contributed by atoms with Crippen LogP contribution in [0.5, 0.6) is 0 Å². The average Bonchev–Trinajstić information content (AvgIpc) is 3.22. The van der Waals surface area contributed by atoms with E-state index in [1.165, 1.54) is 25.0 Å². The van der Waals surface area contributed by atoms with Gasteiger partial charge in [0.05, 0.1) is 11.3 Å². The number of piperazine rings is 1. The van der Waals surface area contributed by atoms with Gasteiger partial charge in [-0.15, -0.1) is 0 Å². The Morgan fingerprint density at radius 3 is 2.65 bits per heavy atom. The molecule has 2 fully saturated rings. The van der Waals surface area contributed by atoms with Gasteiger partial charge in [-0.25, -0.2) is 0 Å². The lowest BCUT2D eigenvalue weighted by atomic mass is 10.1. The first-order valence-electron chi connectivity index (χ1n) is 6.80. The molecule has 20 heavy (non-hydrogen) atoms. The summed E-state index contributed by atoms with van der Waals surface area (Å²) in [6, 6.07) is 4.27. The Balaban J connectivity index is 1.84. The van der Waals surface area contributed by atoms with Gasteiger partial charge in [0.2, 0.25) is 0 Å². The molecule has 1 N–H and O–H groups in total. The second kappa shape index (κ2) is 5.22. The highest BCUT2D eigenvalue weighted by atomic mass is 79.9. The van der Waals surface area contributed by atoms with E-state index in [0.717, 1.165) is 30.2 Å². The fourth-order valence-corrected chi connectivity index (χ4v) is 3.24. The average molecular weight is 349 g/mol. The molecule has 1 aliphatic heterocycles. The Labute approximate surface area is 124 Å². The number of benzene rings is 1. The van der Waals surface area contributed by atoms with Gasteiger partial charge in [-0.2, -0.15) is 13.2 Å². The minimum absolute atomic E-state index is 0.408. The third-order valence-electron chi connectivity index (χ3n) is 4.01. The maximum absolute atomic E-state index is 12.8. The molecule has 110 valence electrons. The summed E-state index contributed by atoms with van der Waals surface area (Å²) in [4.78, 5) is 2.05. The predicted octanol–water partition coefficient (Wildman–Crippen LogP) is 3.66. The highest BCUT2D eigenvalue weighted by Crippen LogP contribution is 2.38. The Morgan fingerprint density at radius 1 is 1.25 bits per heavy atom. The van der Waals surface area contributed by atoms with E-state index >= 15 is 0 Å². The zero-order valence-electron chi connectivity index (χ0n) is 10.9. The Morgan fingerprint density at radius 2 is 2.00 bits per heavy atom. The van der Waals surface area contributed by atoms with Gasteiger partial charge in [0.25, 0.3) is 0 Å². The number of hydrogen-bond donors (Lipinski definition) is 1. The van der Waals surface area contributed by atoms with Gasteiger partial charge in [-0.1, -0.05) is 0 Å². The number of anilines is 1. The van der Waals surface area contributed by atoms with Gasteiger partial charge >= 0.3 is 6.18 Å². The van der Waals surface area contributed by atoms with Gasteiger partial charge in [0.15, 0.2) is 0 Å². The predicted molar refractivity (Wildman–Crippen MR) is 75.9 cm³/mol. The lowest BCUT2D eigenvalue weighted by Crippen LogP contribution is -2.51. The van der Waals surface area contributed by atoms with E-state index in [4.69, 9.17) is 0 Å². The van der Waals surface area contributed by atoms with Crippen molar-refractivity contribution in [2.24, 2.45) is 5.92 Å². The molecule has 1 saturated carbocycles. The van der Waals surface area contributed by atoms with E-state index in [-0.39, 0.29) is 0 Å². The van der Waals surface area contributed by atoms with Crippen molar-refractivity contribution < 1.29 is 13.2 Å². The van der Waals surface area contributed by atoms with Crippen molar-refractivity contribution in [3.8, 4) is 0 Å². The molecule has 3 rings (SSSR count). The van der Waals surface area contributed by atoms with E-state index in [2.05, 4.69) is 26.1 Å². The first-order valence-corrected chi connectivity index (χ1v) is 7.59. The third kappa shape index (κ3) is 2.96. The summed E-state index contributed by atoms with van der Waals surface area (Å²) in [5.74, 6) is 0.697. The maximum atomic E-state index is 12.8. The van der Waals surface area contributed by atoms with Crippen molar-refractivity contribution in [2.75, 3.05) is 24.5 Å². The normalized spacial score (nSPS) is 24.0. The first kappa shape index (κ1) is 14.2. The van der Waals surface area contributed by atoms with Crippen LogP contribution in [0.3, 0.4) is 0 Å². The second-order valence-electron chi connectivity index (χ2n) is 5.51. The first-order chi connectivity index (χ1) is 9.45. The molecular weight excluding hydrogens is 333 g/mol. The minimum atomic E-state index is -4.29. The summed E-state index contributed by atoms with van der Waals surface area (Å²) < 4.78 is 39.2. The van der Waals surface area contributed by atoms with Gasteiger partial charge in [-0.05, 0) is 52.9 Å². The van der Waals surface area contributed by atoms with Crippen LogP contribution in [-0.2, 0) is 6.18 Å². The summed E-state index contributed by atoms with van der Waals surface area (Å²) in [7, 11) is 0. The number of rotatable bonds is 2. The molecule has 1 saturated heterocycles. The number of hydrogen-bond acceptors (Lipinski definition) is 2. The molecule has 1 aromatic carbocycles. The van der Waals surface area contributed by atoms with Crippen LogP contribution in [0, 0.1) is 5.92 Å². The fourth-order valence-electron chi connectivity index (χ4n) is 2.74. The maximum Gasteiger partial charge on any atom is 0.416 e. The van der Waals surface area contributed by atoms with Crippen LogP contribution in [0.15, 0.2) is 22.7 Å². The lowest BCUT2D eigenvalue weighted by molar-refractivity contribution is -0.137. The molecule has 1 aliphatic carbocycles. The molecule has 1 atom stereocenters. The monoisotopic (exact) mass is 348 g/mol. The molecule has 1 unspecified atom stereocenters. The zero-order valence-corrected chi connectivity index (χ0v) is 12.5. The summed E-state index contributed by atoms with van der Waals surface area (Å²) >= 11 is 3.38. The summed E-state index contributed by atoms with van der Waals surface area (Å²) in [6.45, 7) is 2.34. The second-order valence-corrected chi connectivity index (χ2v) is 6.36. The molecule has 0 bridgehead atoms. The topological polar surface area (TPSA) is 15.3 Å². The van der Waals surface area contributed by atoms with E-state index in [1.54, 1.807) is 0 Å². The van der Waals surface area contributed by atoms with E-state index < -0.39 is 11.7 Å².